The molecule has 0 N–H and O–H groups in total. The van der Waals surface area contributed by atoms with Crippen LogP contribution in [-0.2, 0) is 15.6 Å². The minimum Gasteiger partial charge on any atom is -0.493 e. The number of hydrogen-bond acceptors (Lipinski definition) is 4. The number of hydrogen-bond donors (Lipinski definition) is 0. The van der Waals surface area contributed by atoms with E-state index in [2.05, 4.69) is 82.4 Å². The predicted octanol–water partition coefficient (Wildman–Crippen LogP) is 8.37. The minimum atomic E-state index is -2.06. The van der Waals surface area contributed by atoms with Gasteiger partial charge in [-0.3, -0.25) is 4.79 Å². The average Bonchev–Trinajstić information content (AvgIpc) is 2.86. The molecule has 0 radical (unpaired) electrons. The highest BCUT2D eigenvalue weighted by molar-refractivity contribution is 6.74. The van der Waals surface area contributed by atoms with E-state index in [1.54, 1.807) is 0 Å². The molecule has 5 heteroatoms. The molecule has 3 aromatic rings. The molecule has 37 heavy (non-hydrogen) atoms. The summed E-state index contributed by atoms with van der Waals surface area (Å²) in [5.74, 6) is 1.24. The second kappa shape index (κ2) is 11.2. The van der Waals surface area contributed by atoms with Crippen LogP contribution in [0.5, 0.6) is 11.5 Å². The van der Waals surface area contributed by atoms with Crippen molar-refractivity contribution in [3.8, 4) is 22.6 Å². The lowest BCUT2D eigenvalue weighted by atomic mass is 9.87. The van der Waals surface area contributed by atoms with Gasteiger partial charge in [-0.15, -0.1) is 0 Å². The molecule has 1 heterocycles. The van der Waals surface area contributed by atoms with Crippen molar-refractivity contribution < 1.29 is 18.7 Å². The van der Waals surface area contributed by atoms with Gasteiger partial charge in [0.05, 0.1) is 12.7 Å². The van der Waals surface area contributed by atoms with Crippen molar-refractivity contribution in [1.82, 2.24) is 0 Å². The molecule has 4 rings (SSSR count). The van der Waals surface area contributed by atoms with Crippen molar-refractivity contribution in [3.63, 3.8) is 0 Å². The van der Waals surface area contributed by atoms with E-state index in [4.69, 9.17) is 13.9 Å². The van der Waals surface area contributed by atoms with Crippen LogP contribution in [0.15, 0.2) is 72.8 Å². The Kier molecular flexibility index (Phi) is 8.25. The molecule has 0 amide bonds. The highest BCUT2D eigenvalue weighted by Gasteiger charge is 2.43. The third kappa shape index (κ3) is 6.52. The molecular weight excluding hydrogens is 476 g/mol. The van der Waals surface area contributed by atoms with Crippen LogP contribution in [0.2, 0.25) is 18.1 Å². The summed E-state index contributed by atoms with van der Waals surface area (Å²) < 4.78 is 18.8. The molecule has 0 saturated carbocycles. The van der Waals surface area contributed by atoms with E-state index in [1.807, 2.05) is 31.2 Å². The summed E-state index contributed by atoms with van der Waals surface area (Å²) in [6, 6.07) is 25.0. The average molecular weight is 517 g/mol. The monoisotopic (exact) mass is 516 g/mol. The molecule has 0 fully saturated rings. The largest absolute Gasteiger partial charge is 0.493 e. The molecule has 2 atom stereocenters. The Hall–Kier alpha value is -2.89. The first-order chi connectivity index (χ1) is 17.6. The Morgan fingerprint density at radius 2 is 1.65 bits per heavy atom. The van der Waals surface area contributed by atoms with E-state index in [1.165, 1.54) is 16.7 Å². The van der Waals surface area contributed by atoms with Crippen LogP contribution in [0, 0.1) is 5.92 Å². The Bertz CT molecular complexity index is 1200. The van der Waals surface area contributed by atoms with Crippen molar-refractivity contribution in [2.24, 2.45) is 5.92 Å². The molecule has 0 saturated heterocycles. The van der Waals surface area contributed by atoms with E-state index in [9.17, 15) is 4.79 Å². The maximum absolute atomic E-state index is 12.0. The Morgan fingerprint density at radius 1 is 0.973 bits per heavy atom. The molecule has 0 spiro atoms. The second-order valence-electron chi connectivity index (χ2n) is 11.6. The van der Waals surface area contributed by atoms with Crippen molar-refractivity contribution in [2.75, 3.05) is 6.61 Å². The maximum atomic E-state index is 12.0. The van der Waals surface area contributed by atoms with Gasteiger partial charge < -0.3 is 13.9 Å². The fourth-order valence-electron chi connectivity index (χ4n) is 4.45. The Morgan fingerprint density at radius 3 is 2.30 bits per heavy atom. The lowest BCUT2D eigenvalue weighted by molar-refractivity contribution is -0.134. The van der Waals surface area contributed by atoms with Crippen LogP contribution in [0.4, 0.5) is 0 Å². The Labute approximate surface area is 223 Å². The van der Waals surface area contributed by atoms with Gasteiger partial charge in [-0.1, -0.05) is 82.3 Å². The minimum absolute atomic E-state index is 0.0844. The van der Waals surface area contributed by atoms with Gasteiger partial charge in [-0.05, 0) is 59.8 Å². The van der Waals surface area contributed by atoms with Crippen molar-refractivity contribution in [3.05, 3.63) is 83.9 Å². The fourth-order valence-corrected chi connectivity index (χ4v) is 5.76. The van der Waals surface area contributed by atoms with E-state index in [-0.39, 0.29) is 23.0 Å². The fraction of sp³-hybridized carbons (Fsp3) is 0.406. The van der Waals surface area contributed by atoms with Crippen molar-refractivity contribution >= 4 is 14.3 Å². The van der Waals surface area contributed by atoms with E-state index in [0.29, 0.717) is 18.8 Å². The summed E-state index contributed by atoms with van der Waals surface area (Å²) in [5, 5.41) is 0.0863. The first-order valence-electron chi connectivity index (χ1n) is 13.4. The molecule has 4 nitrogen and oxygen atoms in total. The van der Waals surface area contributed by atoms with Gasteiger partial charge in [0, 0.05) is 24.0 Å². The van der Waals surface area contributed by atoms with Crippen LogP contribution in [0.1, 0.15) is 57.8 Å². The van der Waals surface area contributed by atoms with E-state index >= 15 is 0 Å². The second-order valence-corrected chi connectivity index (χ2v) is 16.3. The number of fused-ring (bicyclic) bond motifs is 1. The Balaban J connectivity index is 1.60. The van der Waals surface area contributed by atoms with Crippen LogP contribution >= 0.6 is 0 Å². The molecule has 1 aliphatic heterocycles. The van der Waals surface area contributed by atoms with Gasteiger partial charge in [-0.25, -0.2) is 0 Å². The SMILES string of the molecule is CCCC(=O)Oc1ccc2c(c1)OCC(Cc1ccc(-c3ccccc3)cc1)C2O[Si](C)(C)C(C)(C)C. The molecule has 2 unspecified atom stereocenters. The highest BCUT2D eigenvalue weighted by atomic mass is 28.4. The molecule has 1 aliphatic rings. The van der Waals surface area contributed by atoms with Crippen LogP contribution in [-0.4, -0.2) is 20.9 Å². The topological polar surface area (TPSA) is 44.8 Å². The van der Waals surface area contributed by atoms with Crippen molar-refractivity contribution in [1.29, 1.82) is 0 Å². The summed E-state index contributed by atoms with van der Waals surface area (Å²) in [7, 11) is -2.06. The zero-order valence-electron chi connectivity index (χ0n) is 23.0. The highest BCUT2D eigenvalue weighted by Crippen LogP contribution is 2.46. The molecular formula is C32H40O4Si. The third-order valence-electron chi connectivity index (χ3n) is 7.65. The number of ether oxygens (including phenoxy) is 2. The molecule has 0 aliphatic carbocycles. The van der Waals surface area contributed by atoms with Gasteiger partial charge in [0.1, 0.15) is 11.5 Å². The summed E-state index contributed by atoms with van der Waals surface area (Å²) >= 11 is 0. The summed E-state index contributed by atoms with van der Waals surface area (Å²) in [4.78, 5) is 12.0. The first-order valence-corrected chi connectivity index (χ1v) is 16.3. The molecule has 0 aromatic heterocycles. The van der Waals surface area contributed by atoms with Gasteiger partial charge in [0.15, 0.2) is 8.32 Å². The molecule has 0 bridgehead atoms. The quantitative estimate of drug-likeness (QED) is 0.171. The maximum Gasteiger partial charge on any atom is 0.311 e. The smallest absolute Gasteiger partial charge is 0.311 e. The van der Waals surface area contributed by atoms with Gasteiger partial charge >= 0.3 is 5.97 Å². The normalized spacial score (nSPS) is 17.6. The number of benzene rings is 3. The van der Waals surface area contributed by atoms with Gasteiger partial charge in [0.25, 0.3) is 0 Å². The molecule has 196 valence electrons. The zero-order valence-corrected chi connectivity index (χ0v) is 24.0. The molecule has 3 aromatic carbocycles. The number of carbonyl (C=O) groups excluding carboxylic acids is 1. The summed E-state index contributed by atoms with van der Waals surface area (Å²) in [6.45, 7) is 13.9. The summed E-state index contributed by atoms with van der Waals surface area (Å²) in [6.07, 6.45) is 1.94. The van der Waals surface area contributed by atoms with Crippen molar-refractivity contribution in [2.45, 2.75) is 71.2 Å². The van der Waals surface area contributed by atoms with E-state index < -0.39 is 8.32 Å². The van der Waals surface area contributed by atoms with Gasteiger partial charge in [-0.2, -0.15) is 0 Å². The standard InChI is InChI=1S/C32H40O4Si/c1-7-11-30(33)35-27-18-19-28-29(21-27)34-22-26(31(28)36-37(5,6)32(2,3)4)20-23-14-16-25(17-15-23)24-12-9-8-10-13-24/h8-10,12-19,21,26,31H,7,11,20,22H2,1-6H3. The number of esters is 1. The van der Waals surface area contributed by atoms with Crippen LogP contribution in [0.3, 0.4) is 0 Å². The zero-order chi connectivity index (χ0) is 26.6. The van der Waals surface area contributed by atoms with Crippen LogP contribution in [0.25, 0.3) is 11.1 Å². The third-order valence-corrected chi connectivity index (χ3v) is 12.1. The van der Waals surface area contributed by atoms with E-state index in [0.717, 1.165) is 24.2 Å². The van der Waals surface area contributed by atoms with Crippen LogP contribution < -0.4 is 9.47 Å². The predicted molar refractivity (Wildman–Crippen MR) is 153 cm³/mol. The van der Waals surface area contributed by atoms with Gasteiger partial charge in [0.2, 0.25) is 0 Å². The lowest BCUT2D eigenvalue weighted by Gasteiger charge is -2.43. The first kappa shape index (κ1) is 27.1. The number of carbonyl (C=O) groups is 1. The number of rotatable bonds is 8. The lowest BCUT2D eigenvalue weighted by Crippen LogP contribution is -2.44. The summed E-state index contributed by atoms with van der Waals surface area (Å²) in [5.41, 5.74) is 4.75.